The van der Waals surface area contributed by atoms with Gasteiger partial charge in [0.25, 0.3) is 0 Å². The van der Waals surface area contributed by atoms with Gasteiger partial charge in [0.15, 0.2) is 0 Å². The number of aliphatic hydroxyl groups is 1. The molecule has 1 aromatic heterocycles. The summed E-state index contributed by atoms with van der Waals surface area (Å²) >= 11 is 0. The third-order valence-electron chi connectivity index (χ3n) is 4.64. The lowest BCUT2D eigenvalue weighted by atomic mass is 9.95. The summed E-state index contributed by atoms with van der Waals surface area (Å²) in [7, 11) is 0. The molecular weight excluding hydrogens is 257 g/mol. The van der Waals surface area contributed by atoms with E-state index in [1.807, 2.05) is 6.07 Å². The van der Waals surface area contributed by atoms with Gasteiger partial charge >= 0.3 is 0 Å². The monoisotopic (exact) mass is 281 g/mol. The number of hydrogen-bond donors (Lipinski definition) is 1. The highest BCUT2D eigenvalue weighted by Gasteiger charge is 2.34. The van der Waals surface area contributed by atoms with E-state index in [0.29, 0.717) is 25.6 Å². The molecule has 1 atom stereocenters. The van der Waals surface area contributed by atoms with Crippen LogP contribution in [0.15, 0.2) is 12.3 Å². The molecule has 1 saturated heterocycles. The van der Waals surface area contributed by atoms with Crippen LogP contribution in [-0.4, -0.2) is 45.2 Å². The van der Waals surface area contributed by atoms with Crippen LogP contribution in [0.2, 0.25) is 0 Å². The molecule has 0 spiro atoms. The Morgan fingerprint density at radius 2 is 2.15 bits per heavy atom. The predicted molar refractivity (Wildman–Crippen MR) is 75.2 cm³/mol. The topological polar surface area (TPSA) is 41.3 Å². The smallest absolute Gasteiger partial charge is 0.146 e. The lowest BCUT2D eigenvalue weighted by Crippen LogP contribution is -2.47. The average molecular weight is 281 g/mol. The van der Waals surface area contributed by atoms with Gasteiger partial charge in [-0.25, -0.2) is 4.39 Å². The number of halogens is 1. The molecule has 0 aromatic carbocycles. The van der Waals surface area contributed by atoms with Crippen molar-refractivity contribution >= 4 is 0 Å². The van der Waals surface area contributed by atoms with E-state index in [9.17, 15) is 4.39 Å². The molecule has 0 radical (unpaired) electrons. The zero-order valence-corrected chi connectivity index (χ0v) is 12.0. The molecule has 0 amide bonds. The molecule has 1 aliphatic heterocycles. The van der Waals surface area contributed by atoms with Gasteiger partial charge in [0.1, 0.15) is 5.67 Å². The standard InChI is InChI=1S/C15H24FN3O/c16-15(12-20)7-3-8-18(11-15)10-13-6-9-19(17-13)14-4-1-2-5-14/h6,9,14,20H,1-5,7-8,10-12H2. The maximum atomic E-state index is 14.2. The van der Waals surface area contributed by atoms with Gasteiger partial charge in [0, 0.05) is 19.3 Å². The maximum Gasteiger partial charge on any atom is 0.146 e. The van der Waals surface area contributed by atoms with Gasteiger partial charge in [-0.3, -0.25) is 9.58 Å². The third-order valence-corrected chi connectivity index (χ3v) is 4.64. The number of nitrogens with zero attached hydrogens (tertiary/aromatic N) is 3. The summed E-state index contributed by atoms with van der Waals surface area (Å²) in [6, 6.07) is 2.61. The quantitative estimate of drug-likeness (QED) is 0.920. The van der Waals surface area contributed by atoms with E-state index in [4.69, 9.17) is 5.11 Å². The molecule has 2 fully saturated rings. The Morgan fingerprint density at radius 1 is 1.35 bits per heavy atom. The molecule has 1 aromatic rings. The van der Waals surface area contributed by atoms with Crippen LogP contribution in [0, 0.1) is 0 Å². The van der Waals surface area contributed by atoms with E-state index in [1.54, 1.807) is 0 Å². The molecule has 1 saturated carbocycles. The van der Waals surface area contributed by atoms with Gasteiger partial charge in [-0.05, 0) is 38.3 Å². The van der Waals surface area contributed by atoms with Gasteiger partial charge in [0.05, 0.1) is 18.3 Å². The zero-order chi connectivity index (χ0) is 14.0. The van der Waals surface area contributed by atoms with Gasteiger partial charge in [-0.1, -0.05) is 12.8 Å². The summed E-state index contributed by atoms with van der Waals surface area (Å²) in [4.78, 5) is 2.07. The van der Waals surface area contributed by atoms with Crippen LogP contribution in [0.25, 0.3) is 0 Å². The molecule has 1 unspecified atom stereocenters. The van der Waals surface area contributed by atoms with E-state index in [2.05, 4.69) is 20.9 Å². The Kier molecular flexibility index (Phi) is 4.08. The van der Waals surface area contributed by atoms with Crippen molar-refractivity contribution in [3.63, 3.8) is 0 Å². The van der Waals surface area contributed by atoms with Crippen molar-refractivity contribution in [3.05, 3.63) is 18.0 Å². The summed E-state index contributed by atoms with van der Waals surface area (Å²) in [6.07, 6.45) is 8.38. The molecule has 112 valence electrons. The molecule has 20 heavy (non-hydrogen) atoms. The van der Waals surface area contributed by atoms with Crippen molar-refractivity contribution in [1.82, 2.24) is 14.7 Å². The first-order chi connectivity index (χ1) is 9.68. The predicted octanol–water partition coefficient (Wildman–Crippen LogP) is 2.29. The lowest BCUT2D eigenvalue weighted by Gasteiger charge is -2.35. The summed E-state index contributed by atoms with van der Waals surface area (Å²) in [6.45, 7) is 1.52. The summed E-state index contributed by atoms with van der Waals surface area (Å²) < 4.78 is 16.3. The molecule has 5 heteroatoms. The number of hydrogen-bond acceptors (Lipinski definition) is 3. The number of likely N-dealkylation sites (tertiary alicyclic amines) is 1. The van der Waals surface area contributed by atoms with Gasteiger partial charge in [0.2, 0.25) is 0 Å². The minimum absolute atomic E-state index is 0.319. The van der Waals surface area contributed by atoms with E-state index >= 15 is 0 Å². The fourth-order valence-electron chi connectivity index (χ4n) is 3.51. The highest BCUT2D eigenvalue weighted by Crippen LogP contribution is 2.29. The fourth-order valence-corrected chi connectivity index (χ4v) is 3.51. The molecule has 0 bridgehead atoms. The zero-order valence-electron chi connectivity index (χ0n) is 12.0. The molecule has 2 aliphatic rings. The Labute approximate surface area is 119 Å². The van der Waals surface area contributed by atoms with Crippen LogP contribution < -0.4 is 0 Å². The first-order valence-corrected chi connectivity index (χ1v) is 7.75. The molecular formula is C15H24FN3O. The van der Waals surface area contributed by atoms with Gasteiger partial charge in [-0.15, -0.1) is 0 Å². The van der Waals surface area contributed by atoms with Crippen LogP contribution in [0.1, 0.15) is 50.3 Å². The highest BCUT2D eigenvalue weighted by molar-refractivity contribution is 5.01. The second kappa shape index (κ2) is 5.82. The molecule has 3 rings (SSSR count). The maximum absolute atomic E-state index is 14.2. The minimum Gasteiger partial charge on any atom is -0.393 e. The number of rotatable bonds is 4. The van der Waals surface area contributed by atoms with Crippen molar-refractivity contribution in [3.8, 4) is 0 Å². The molecule has 2 heterocycles. The fraction of sp³-hybridized carbons (Fsp3) is 0.800. The van der Waals surface area contributed by atoms with Crippen molar-refractivity contribution in [2.45, 2.75) is 56.8 Å². The highest BCUT2D eigenvalue weighted by atomic mass is 19.1. The second-order valence-electron chi connectivity index (χ2n) is 6.35. The van der Waals surface area contributed by atoms with E-state index in [1.165, 1.54) is 25.7 Å². The summed E-state index contributed by atoms with van der Waals surface area (Å²) in [5, 5.41) is 13.8. The SMILES string of the molecule is OCC1(F)CCCN(Cc2ccn(C3CCCC3)n2)C1. The van der Waals surface area contributed by atoms with Crippen LogP contribution >= 0.6 is 0 Å². The van der Waals surface area contributed by atoms with Crippen molar-refractivity contribution in [1.29, 1.82) is 0 Å². The lowest BCUT2D eigenvalue weighted by molar-refractivity contribution is -0.00427. The first kappa shape index (κ1) is 14.0. The van der Waals surface area contributed by atoms with Crippen LogP contribution in [0.5, 0.6) is 0 Å². The van der Waals surface area contributed by atoms with E-state index in [-0.39, 0.29) is 6.61 Å². The van der Waals surface area contributed by atoms with Gasteiger partial charge in [-0.2, -0.15) is 5.10 Å². The number of alkyl halides is 1. The van der Waals surface area contributed by atoms with E-state index in [0.717, 1.165) is 18.7 Å². The van der Waals surface area contributed by atoms with Crippen molar-refractivity contribution in [2.24, 2.45) is 0 Å². The minimum atomic E-state index is -1.42. The van der Waals surface area contributed by atoms with Crippen molar-refractivity contribution in [2.75, 3.05) is 19.7 Å². The normalized spacial score (nSPS) is 29.1. The number of aromatic nitrogens is 2. The number of piperidine rings is 1. The summed E-state index contributed by atoms with van der Waals surface area (Å²) in [5.41, 5.74) is -0.411. The van der Waals surface area contributed by atoms with Crippen LogP contribution in [0.4, 0.5) is 4.39 Å². The average Bonchev–Trinajstić information content (AvgIpc) is 3.09. The van der Waals surface area contributed by atoms with Crippen LogP contribution in [-0.2, 0) is 6.54 Å². The number of aliphatic hydroxyl groups excluding tert-OH is 1. The Hall–Kier alpha value is -0.940. The second-order valence-corrected chi connectivity index (χ2v) is 6.35. The third kappa shape index (κ3) is 3.04. The van der Waals surface area contributed by atoms with Crippen molar-refractivity contribution < 1.29 is 9.50 Å². The molecule has 1 N–H and O–H groups in total. The molecule has 1 aliphatic carbocycles. The first-order valence-electron chi connectivity index (χ1n) is 7.75. The van der Waals surface area contributed by atoms with Gasteiger partial charge < -0.3 is 5.11 Å². The Morgan fingerprint density at radius 3 is 2.90 bits per heavy atom. The van der Waals surface area contributed by atoms with Crippen LogP contribution in [0.3, 0.4) is 0 Å². The Bertz CT molecular complexity index is 444. The molecule has 4 nitrogen and oxygen atoms in total. The summed E-state index contributed by atoms with van der Waals surface area (Å²) in [5.74, 6) is 0. The van der Waals surface area contributed by atoms with E-state index < -0.39 is 5.67 Å². The largest absolute Gasteiger partial charge is 0.393 e. The Balaban J connectivity index is 1.60.